The zero-order valence-corrected chi connectivity index (χ0v) is 19.7. The second-order valence-electron chi connectivity index (χ2n) is 8.04. The van der Waals surface area contributed by atoms with Gasteiger partial charge in [-0.05, 0) is 36.8 Å². The summed E-state index contributed by atoms with van der Waals surface area (Å²) in [5.74, 6) is 0.858. The fourth-order valence-corrected chi connectivity index (χ4v) is 4.41. The molecule has 8 nitrogen and oxygen atoms in total. The van der Waals surface area contributed by atoms with Crippen LogP contribution < -0.4 is 10.0 Å². The number of imidazole rings is 1. The van der Waals surface area contributed by atoms with Crippen LogP contribution in [-0.2, 0) is 21.4 Å². The predicted octanol–water partition coefficient (Wildman–Crippen LogP) is 3.56. The van der Waals surface area contributed by atoms with Gasteiger partial charge in [0.2, 0.25) is 15.9 Å². The molecule has 3 aromatic rings. The van der Waals surface area contributed by atoms with E-state index in [0.717, 1.165) is 11.4 Å². The van der Waals surface area contributed by atoms with Crippen LogP contribution in [-0.4, -0.2) is 36.2 Å². The number of sulfonamides is 1. The number of Topliss-reactive ketones (excluding diaryl/α,β-unsaturated/α-hetero) is 1. The molecule has 1 aromatic heterocycles. The van der Waals surface area contributed by atoms with E-state index in [2.05, 4.69) is 33.4 Å². The molecule has 0 spiro atoms. The first-order chi connectivity index (χ1) is 15.7. The Balaban J connectivity index is 1.54. The zero-order chi connectivity index (χ0) is 24.0. The zero-order valence-electron chi connectivity index (χ0n) is 18.9. The van der Waals surface area contributed by atoms with Crippen LogP contribution in [0.2, 0.25) is 0 Å². The van der Waals surface area contributed by atoms with Crippen molar-refractivity contribution < 1.29 is 18.0 Å². The van der Waals surface area contributed by atoms with E-state index in [-0.39, 0.29) is 29.6 Å². The molecule has 3 rings (SSSR count). The number of rotatable bonds is 10. The molecular formula is C24H28N4O4S. The van der Waals surface area contributed by atoms with E-state index in [4.69, 9.17) is 0 Å². The van der Waals surface area contributed by atoms with Crippen molar-refractivity contribution in [2.75, 3.05) is 11.9 Å². The predicted molar refractivity (Wildman–Crippen MR) is 127 cm³/mol. The Kier molecular flexibility index (Phi) is 7.78. The number of amides is 1. The molecule has 0 bridgehead atoms. The van der Waals surface area contributed by atoms with Crippen LogP contribution in [0.15, 0.2) is 65.8 Å². The SMILES string of the molecule is CC(=O)c1ccc(S(=O)(=O)NCCC(=O)Nc2cccc(Cn3ccnc3C(C)C)c2)cc1. The highest BCUT2D eigenvalue weighted by Gasteiger charge is 2.15. The monoisotopic (exact) mass is 468 g/mol. The first-order valence-electron chi connectivity index (χ1n) is 10.7. The van der Waals surface area contributed by atoms with Crippen molar-refractivity contribution in [2.45, 2.75) is 44.6 Å². The Hall–Kier alpha value is -3.30. The Morgan fingerprint density at radius 3 is 2.48 bits per heavy atom. The number of benzene rings is 2. The fourth-order valence-electron chi connectivity index (χ4n) is 3.37. The summed E-state index contributed by atoms with van der Waals surface area (Å²) in [6, 6.07) is 13.2. The summed E-state index contributed by atoms with van der Waals surface area (Å²) in [6.45, 7) is 6.18. The molecule has 33 heavy (non-hydrogen) atoms. The molecule has 2 N–H and O–H groups in total. The molecule has 0 saturated carbocycles. The van der Waals surface area contributed by atoms with E-state index < -0.39 is 10.0 Å². The lowest BCUT2D eigenvalue weighted by Crippen LogP contribution is -2.27. The molecule has 0 aliphatic heterocycles. The standard InChI is InChI=1S/C24H28N4O4S/c1-17(2)24-25-13-14-28(24)16-19-5-4-6-21(15-19)27-23(30)11-12-26-33(31,32)22-9-7-20(8-10-22)18(3)29/h4-10,13-15,17,26H,11-12,16H2,1-3H3,(H,27,30). The number of carbonyl (C=O) groups excluding carboxylic acids is 2. The van der Waals surface area contributed by atoms with Gasteiger partial charge in [-0.15, -0.1) is 0 Å². The second-order valence-corrected chi connectivity index (χ2v) is 9.81. The van der Waals surface area contributed by atoms with Gasteiger partial charge in [0.25, 0.3) is 0 Å². The number of nitrogens with zero attached hydrogens (tertiary/aromatic N) is 2. The van der Waals surface area contributed by atoms with E-state index in [1.54, 1.807) is 12.3 Å². The van der Waals surface area contributed by atoms with Crippen molar-refractivity contribution in [3.05, 3.63) is 77.9 Å². The van der Waals surface area contributed by atoms with Crippen LogP contribution in [0.25, 0.3) is 0 Å². The van der Waals surface area contributed by atoms with Gasteiger partial charge in [-0.2, -0.15) is 0 Å². The first kappa shape index (κ1) is 24.3. The maximum absolute atomic E-state index is 12.4. The summed E-state index contributed by atoms with van der Waals surface area (Å²) in [4.78, 5) is 28.1. The van der Waals surface area contributed by atoms with Gasteiger partial charge in [-0.1, -0.05) is 38.1 Å². The summed E-state index contributed by atoms with van der Waals surface area (Å²) in [6.07, 6.45) is 3.69. The van der Waals surface area contributed by atoms with E-state index in [0.29, 0.717) is 23.7 Å². The van der Waals surface area contributed by atoms with E-state index in [1.165, 1.54) is 31.2 Å². The van der Waals surface area contributed by atoms with Gasteiger partial charge in [0.05, 0.1) is 4.90 Å². The summed E-state index contributed by atoms with van der Waals surface area (Å²) < 4.78 is 29.3. The van der Waals surface area contributed by atoms with Crippen LogP contribution in [0.4, 0.5) is 5.69 Å². The highest BCUT2D eigenvalue weighted by molar-refractivity contribution is 7.89. The average molecular weight is 469 g/mol. The minimum Gasteiger partial charge on any atom is -0.330 e. The minimum atomic E-state index is -3.77. The maximum Gasteiger partial charge on any atom is 0.240 e. The topological polar surface area (TPSA) is 110 Å². The molecule has 1 amide bonds. The molecule has 2 aromatic carbocycles. The van der Waals surface area contributed by atoms with Crippen molar-refractivity contribution >= 4 is 27.4 Å². The highest BCUT2D eigenvalue weighted by Crippen LogP contribution is 2.17. The fraction of sp³-hybridized carbons (Fsp3) is 0.292. The Morgan fingerprint density at radius 1 is 1.09 bits per heavy atom. The lowest BCUT2D eigenvalue weighted by molar-refractivity contribution is -0.116. The molecular weight excluding hydrogens is 440 g/mol. The van der Waals surface area contributed by atoms with E-state index >= 15 is 0 Å². The van der Waals surface area contributed by atoms with Crippen LogP contribution in [0, 0.1) is 0 Å². The van der Waals surface area contributed by atoms with Crippen molar-refractivity contribution in [3.8, 4) is 0 Å². The van der Waals surface area contributed by atoms with Crippen molar-refractivity contribution in [1.82, 2.24) is 14.3 Å². The summed E-state index contributed by atoms with van der Waals surface area (Å²) in [5, 5.41) is 2.81. The van der Waals surface area contributed by atoms with Crippen molar-refractivity contribution in [3.63, 3.8) is 0 Å². The number of ketones is 1. The molecule has 0 aliphatic rings. The average Bonchev–Trinajstić information content (AvgIpc) is 3.22. The van der Waals surface area contributed by atoms with Gasteiger partial charge < -0.3 is 9.88 Å². The number of anilines is 1. The van der Waals surface area contributed by atoms with Gasteiger partial charge in [0, 0.05) is 49.1 Å². The number of aromatic nitrogens is 2. The Bertz CT molecular complexity index is 1230. The molecule has 0 saturated heterocycles. The third-order valence-electron chi connectivity index (χ3n) is 5.04. The van der Waals surface area contributed by atoms with Crippen LogP contribution in [0.5, 0.6) is 0 Å². The summed E-state index contributed by atoms with van der Waals surface area (Å²) in [5.41, 5.74) is 2.10. The van der Waals surface area contributed by atoms with Crippen LogP contribution >= 0.6 is 0 Å². The Morgan fingerprint density at radius 2 is 1.82 bits per heavy atom. The Labute approximate surface area is 194 Å². The molecule has 0 atom stereocenters. The number of hydrogen-bond donors (Lipinski definition) is 2. The first-order valence-corrected chi connectivity index (χ1v) is 12.1. The quantitative estimate of drug-likeness (QED) is 0.442. The number of carbonyl (C=O) groups is 2. The lowest BCUT2D eigenvalue weighted by Gasteiger charge is -2.12. The molecule has 174 valence electrons. The lowest BCUT2D eigenvalue weighted by atomic mass is 10.1. The number of hydrogen-bond acceptors (Lipinski definition) is 5. The normalized spacial score (nSPS) is 11.5. The van der Waals surface area contributed by atoms with Gasteiger partial charge in [-0.3, -0.25) is 9.59 Å². The van der Waals surface area contributed by atoms with Crippen molar-refractivity contribution in [1.29, 1.82) is 0 Å². The smallest absolute Gasteiger partial charge is 0.240 e. The van der Waals surface area contributed by atoms with Gasteiger partial charge >= 0.3 is 0 Å². The summed E-state index contributed by atoms with van der Waals surface area (Å²) in [7, 11) is -3.77. The van der Waals surface area contributed by atoms with Crippen LogP contribution in [0.1, 0.15) is 54.9 Å². The maximum atomic E-state index is 12.4. The van der Waals surface area contributed by atoms with E-state index in [9.17, 15) is 18.0 Å². The van der Waals surface area contributed by atoms with Gasteiger partial charge in [0.1, 0.15) is 5.82 Å². The molecule has 9 heteroatoms. The third-order valence-corrected chi connectivity index (χ3v) is 6.52. The van der Waals surface area contributed by atoms with Crippen LogP contribution in [0.3, 0.4) is 0 Å². The van der Waals surface area contributed by atoms with Gasteiger partial charge in [-0.25, -0.2) is 18.1 Å². The highest BCUT2D eigenvalue weighted by atomic mass is 32.2. The minimum absolute atomic E-state index is 0.0198. The van der Waals surface area contributed by atoms with Gasteiger partial charge in [0.15, 0.2) is 5.78 Å². The van der Waals surface area contributed by atoms with Crippen molar-refractivity contribution in [2.24, 2.45) is 0 Å². The molecule has 0 fully saturated rings. The largest absolute Gasteiger partial charge is 0.330 e. The number of nitrogens with one attached hydrogen (secondary N) is 2. The van der Waals surface area contributed by atoms with E-state index in [1.807, 2.05) is 24.4 Å². The third kappa shape index (κ3) is 6.59. The summed E-state index contributed by atoms with van der Waals surface area (Å²) >= 11 is 0. The molecule has 0 radical (unpaired) electrons. The molecule has 0 unspecified atom stereocenters. The molecule has 0 aliphatic carbocycles. The molecule has 1 heterocycles. The second kappa shape index (κ2) is 10.5.